The number of amides is 1. The Hall–Kier alpha value is -3.05. The normalized spacial score (nSPS) is 10.4. The summed E-state index contributed by atoms with van der Waals surface area (Å²) in [5, 5.41) is 3.37. The summed E-state index contributed by atoms with van der Waals surface area (Å²) in [7, 11) is 1.54. The Morgan fingerprint density at radius 3 is 2.58 bits per heavy atom. The molecule has 6 heteroatoms. The number of carbonyl (C=O) groups is 1. The van der Waals surface area contributed by atoms with Crippen molar-refractivity contribution in [2.45, 2.75) is 6.54 Å². The van der Waals surface area contributed by atoms with Crippen LogP contribution in [0, 0.1) is 0 Å². The number of aromatic nitrogens is 1. The number of anilines is 1. The van der Waals surface area contributed by atoms with Crippen LogP contribution in [0.3, 0.4) is 0 Å². The number of para-hydroxylation sites is 2. The molecule has 1 N–H and O–H groups in total. The van der Waals surface area contributed by atoms with Gasteiger partial charge in [-0.15, -0.1) is 0 Å². The average molecular weight is 369 g/mol. The molecule has 0 spiro atoms. The number of carbonyl (C=O) groups excluding carboxylic acids is 1. The minimum absolute atomic E-state index is 0.209. The van der Waals surface area contributed by atoms with Crippen molar-refractivity contribution < 1.29 is 9.53 Å². The predicted molar refractivity (Wildman–Crippen MR) is 102 cm³/mol. The molecule has 0 bridgehead atoms. The fourth-order valence-corrected chi connectivity index (χ4v) is 2.74. The Balaban J connectivity index is 1.86. The van der Waals surface area contributed by atoms with Gasteiger partial charge >= 0.3 is 0 Å². The van der Waals surface area contributed by atoms with E-state index in [4.69, 9.17) is 16.3 Å². The molecule has 0 fully saturated rings. The van der Waals surface area contributed by atoms with E-state index < -0.39 is 0 Å². The Bertz CT molecular complexity index is 998. The van der Waals surface area contributed by atoms with Gasteiger partial charge in [-0.1, -0.05) is 41.9 Å². The Morgan fingerprint density at radius 1 is 1.08 bits per heavy atom. The number of methoxy groups -OCH3 is 1. The summed E-state index contributed by atoms with van der Waals surface area (Å²) in [6.07, 6.45) is 1.52. The molecule has 5 nitrogen and oxygen atoms in total. The lowest BCUT2D eigenvalue weighted by Crippen LogP contribution is -2.22. The molecule has 0 radical (unpaired) electrons. The van der Waals surface area contributed by atoms with Crippen molar-refractivity contribution in [1.29, 1.82) is 0 Å². The van der Waals surface area contributed by atoms with Crippen LogP contribution in [0.4, 0.5) is 5.69 Å². The number of hydrogen-bond donors (Lipinski definition) is 1. The molecule has 1 aromatic heterocycles. The van der Waals surface area contributed by atoms with Crippen LogP contribution in [0.25, 0.3) is 0 Å². The number of nitrogens with zero attached hydrogens (tertiary/aromatic N) is 1. The first-order valence-electron chi connectivity index (χ1n) is 7.97. The van der Waals surface area contributed by atoms with Crippen molar-refractivity contribution >= 4 is 23.2 Å². The van der Waals surface area contributed by atoms with Crippen LogP contribution in [-0.2, 0) is 6.54 Å². The van der Waals surface area contributed by atoms with Crippen LogP contribution in [0.1, 0.15) is 15.9 Å². The third kappa shape index (κ3) is 3.95. The smallest absolute Gasteiger partial charge is 0.257 e. The van der Waals surface area contributed by atoms with Crippen molar-refractivity contribution in [2.24, 2.45) is 0 Å². The van der Waals surface area contributed by atoms with E-state index in [2.05, 4.69) is 5.32 Å². The highest BCUT2D eigenvalue weighted by molar-refractivity contribution is 6.31. The summed E-state index contributed by atoms with van der Waals surface area (Å²) in [5.74, 6) is 0.229. The highest BCUT2D eigenvalue weighted by Crippen LogP contribution is 2.23. The summed E-state index contributed by atoms with van der Waals surface area (Å²) in [5.41, 5.74) is 1.52. The van der Waals surface area contributed by atoms with Crippen LogP contribution >= 0.6 is 11.6 Å². The highest BCUT2D eigenvalue weighted by Gasteiger charge is 2.11. The Kier molecular flexibility index (Phi) is 5.39. The second-order valence-corrected chi connectivity index (χ2v) is 6.04. The predicted octanol–water partition coefficient (Wildman–Crippen LogP) is 3.81. The maximum atomic E-state index is 12.6. The topological polar surface area (TPSA) is 60.3 Å². The molecule has 3 aromatic rings. The molecule has 0 atom stereocenters. The first kappa shape index (κ1) is 17.8. The van der Waals surface area contributed by atoms with E-state index in [1.165, 1.54) is 30.0 Å². The number of benzene rings is 2. The minimum atomic E-state index is -0.331. The lowest BCUT2D eigenvalue weighted by atomic mass is 10.2. The maximum Gasteiger partial charge on any atom is 0.257 e. The lowest BCUT2D eigenvalue weighted by Gasteiger charge is -2.12. The SMILES string of the molecule is COc1ccccc1NC(=O)c1ccc(=O)n(Cc2ccccc2Cl)c1. The molecule has 1 amide bonds. The zero-order chi connectivity index (χ0) is 18.5. The molecular weight excluding hydrogens is 352 g/mol. The monoisotopic (exact) mass is 368 g/mol. The highest BCUT2D eigenvalue weighted by atomic mass is 35.5. The van der Waals surface area contributed by atoms with Gasteiger partial charge in [0.2, 0.25) is 0 Å². The summed E-state index contributed by atoms with van der Waals surface area (Å²) in [6, 6.07) is 17.3. The Morgan fingerprint density at radius 2 is 1.81 bits per heavy atom. The molecule has 0 unspecified atom stereocenters. The molecule has 0 aliphatic heterocycles. The van der Waals surface area contributed by atoms with Gasteiger partial charge < -0.3 is 14.6 Å². The van der Waals surface area contributed by atoms with Gasteiger partial charge in [-0.2, -0.15) is 0 Å². The number of nitrogens with one attached hydrogen (secondary N) is 1. The summed E-state index contributed by atoms with van der Waals surface area (Å²) < 4.78 is 6.69. The van der Waals surface area contributed by atoms with Gasteiger partial charge in [0.1, 0.15) is 5.75 Å². The van der Waals surface area contributed by atoms with Gasteiger partial charge in [0.15, 0.2) is 0 Å². The molecule has 0 aliphatic rings. The second-order valence-electron chi connectivity index (χ2n) is 5.63. The van der Waals surface area contributed by atoms with Gasteiger partial charge in [0, 0.05) is 17.3 Å². The van der Waals surface area contributed by atoms with Crippen molar-refractivity contribution in [3.05, 3.63) is 93.4 Å². The summed E-state index contributed by atoms with van der Waals surface area (Å²) in [6.45, 7) is 0.286. The number of ether oxygens (including phenoxy) is 1. The quantitative estimate of drug-likeness (QED) is 0.745. The summed E-state index contributed by atoms with van der Waals surface area (Å²) >= 11 is 6.16. The van der Waals surface area contributed by atoms with E-state index in [1.807, 2.05) is 24.3 Å². The molecular formula is C20H17ClN2O3. The van der Waals surface area contributed by atoms with Crippen molar-refractivity contribution in [1.82, 2.24) is 4.57 Å². The second kappa shape index (κ2) is 7.89. The fourth-order valence-electron chi connectivity index (χ4n) is 2.54. The first-order chi connectivity index (χ1) is 12.6. The molecule has 2 aromatic carbocycles. The molecule has 1 heterocycles. The van der Waals surface area contributed by atoms with Crippen LogP contribution in [0.2, 0.25) is 5.02 Å². The molecule has 132 valence electrons. The van der Waals surface area contributed by atoms with Gasteiger partial charge in [-0.25, -0.2) is 0 Å². The van der Waals surface area contributed by atoms with E-state index in [1.54, 1.807) is 24.3 Å². The van der Waals surface area contributed by atoms with Gasteiger partial charge in [-0.3, -0.25) is 9.59 Å². The Labute approximate surface area is 155 Å². The largest absolute Gasteiger partial charge is 0.495 e. The molecule has 0 aliphatic carbocycles. The van der Waals surface area contributed by atoms with Gasteiger partial charge in [0.25, 0.3) is 11.5 Å². The third-order valence-corrected chi connectivity index (χ3v) is 4.27. The lowest BCUT2D eigenvalue weighted by molar-refractivity contribution is 0.102. The van der Waals surface area contributed by atoms with E-state index in [0.29, 0.717) is 22.0 Å². The van der Waals surface area contributed by atoms with Crippen LogP contribution in [0.5, 0.6) is 5.75 Å². The number of hydrogen-bond acceptors (Lipinski definition) is 3. The zero-order valence-electron chi connectivity index (χ0n) is 14.1. The van der Waals surface area contributed by atoms with E-state index >= 15 is 0 Å². The van der Waals surface area contributed by atoms with E-state index in [0.717, 1.165) is 5.56 Å². The third-order valence-electron chi connectivity index (χ3n) is 3.90. The van der Waals surface area contributed by atoms with Crippen LogP contribution < -0.4 is 15.6 Å². The van der Waals surface area contributed by atoms with Crippen LogP contribution in [-0.4, -0.2) is 17.6 Å². The van der Waals surface area contributed by atoms with E-state index in [9.17, 15) is 9.59 Å². The maximum absolute atomic E-state index is 12.6. The van der Waals surface area contributed by atoms with E-state index in [-0.39, 0.29) is 18.0 Å². The van der Waals surface area contributed by atoms with Gasteiger partial charge in [0.05, 0.1) is 24.9 Å². The number of rotatable bonds is 5. The standard InChI is InChI=1S/C20H17ClN2O3/c1-26-18-9-5-4-8-17(18)22-20(25)15-10-11-19(24)23(13-15)12-14-6-2-3-7-16(14)21/h2-11,13H,12H2,1H3,(H,22,25). The fraction of sp³-hybridized carbons (Fsp3) is 0.100. The number of halogens is 1. The van der Waals surface area contributed by atoms with Crippen molar-refractivity contribution in [3.8, 4) is 5.75 Å². The molecule has 3 rings (SSSR count). The molecule has 0 saturated heterocycles. The zero-order valence-corrected chi connectivity index (χ0v) is 14.9. The number of pyridine rings is 1. The summed E-state index contributed by atoms with van der Waals surface area (Å²) in [4.78, 5) is 24.7. The van der Waals surface area contributed by atoms with Crippen molar-refractivity contribution in [3.63, 3.8) is 0 Å². The average Bonchev–Trinajstić information content (AvgIpc) is 2.65. The first-order valence-corrected chi connectivity index (χ1v) is 8.34. The van der Waals surface area contributed by atoms with Gasteiger partial charge in [-0.05, 0) is 29.8 Å². The van der Waals surface area contributed by atoms with Crippen LogP contribution in [0.15, 0.2) is 71.7 Å². The van der Waals surface area contributed by atoms with Crippen molar-refractivity contribution in [2.75, 3.05) is 12.4 Å². The minimum Gasteiger partial charge on any atom is -0.495 e. The molecule has 26 heavy (non-hydrogen) atoms. The molecule has 0 saturated carbocycles.